The third kappa shape index (κ3) is 2.21. The number of aromatic nitrogens is 3. The minimum atomic E-state index is -0.242. The number of nitrogens with one attached hydrogen (secondary N) is 1. The Morgan fingerprint density at radius 2 is 2.08 bits per heavy atom. The van der Waals surface area contributed by atoms with Crippen molar-refractivity contribution in [3.05, 3.63) is 63.6 Å². The van der Waals surface area contributed by atoms with Gasteiger partial charge in [-0.3, -0.25) is 14.3 Å². The maximum absolute atomic E-state index is 13.4. The molecule has 1 N–H and O–H groups in total. The molecule has 0 saturated heterocycles. The molecule has 0 radical (unpaired) electrons. The van der Waals surface area contributed by atoms with Crippen LogP contribution in [-0.2, 0) is 13.5 Å². The Balaban J connectivity index is 1.58. The molecule has 0 bridgehead atoms. The molecule has 0 aliphatic heterocycles. The summed E-state index contributed by atoms with van der Waals surface area (Å²) in [6.07, 6.45) is 7.00. The molecular formula is C20H20N4O2. The lowest BCUT2D eigenvalue weighted by molar-refractivity contribution is 0.0656. The summed E-state index contributed by atoms with van der Waals surface area (Å²) in [4.78, 5) is 31.3. The summed E-state index contributed by atoms with van der Waals surface area (Å²) in [6, 6.07) is 8.63. The number of rotatable bonds is 3. The first-order chi connectivity index (χ1) is 12.6. The Morgan fingerprint density at radius 3 is 2.88 bits per heavy atom. The summed E-state index contributed by atoms with van der Waals surface area (Å²) in [5.74, 6) is -0.166. The molecule has 2 heterocycles. The predicted octanol–water partition coefficient (Wildman–Crippen LogP) is 2.55. The first kappa shape index (κ1) is 15.4. The highest BCUT2D eigenvalue weighted by molar-refractivity contribution is 5.97. The SMILES string of the molecule is Cn1ncc2c(=O)c(C(=O)N(C3CC3)[C@H]3CCc4ccccc43)c[nH]c21. The molecule has 132 valence electrons. The van der Waals surface area contributed by atoms with Gasteiger partial charge in [0.2, 0.25) is 5.43 Å². The summed E-state index contributed by atoms with van der Waals surface area (Å²) in [5.41, 5.74) is 3.14. The van der Waals surface area contributed by atoms with Crippen LogP contribution in [0.5, 0.6) is 0 Å². The van der Waals surface area contributed by atoms with Crippen LogP contribution in [0.1, 0.15) is 46.8 Å². The number of carbonyl (C=O) groups is 1. The summed E-state index contributed by atoms with van der Waals surface area (Å²) in [5, 5.41) is 4.58. The molecule has 1 atom stereocenters. The van der Waals surface area contributed by atoms with Crippen LogP contribution in [-0.4, -0.2) is 31.6 Å². The highest BCUT2D eigenvalue weighted by atomic mass is 16.2. The van der Waals surface area contributed by atoms with Crippen molar-refractivity contribution in [3.63, 3.8) is 0 Å². The van der Waals surface area contributed by atoms with E-state index in [-0.39, 0.29) is 29.0 Å². The standard InChI is InChI=1S/C20H20N4O2/c1-23-19-15(11-22-23)18(25)16(10-21-19)20(26)24(13-7-8-13)17-9-6-12-4-2-3-5-14(12)17/h2-5,10-11,13,17H,6-9H2,1H3,(H,21,25)/t17-/m0/s1. The molecule has 3 aromatic rings. The predicted molar refractivity (Wildman–Crippen MR) is 98.0 cm³/mol. The van der Waals surface area contributed by atoms with Gasteiger partial charge in [-0.25, -0.2) is 0 Å². The van der Waals surface area contributed by atoms with Crippen molar-refractivity contribution in [3.8, 4) is 0 Å². The summed E-state index contributed by atoms with van der Waals surface area (Å²) in [7, 11) is 1.77. The van der Waals surface area contributed by atoms with Crippen LogP contribution in [0.3, 0.4) is 0 Å². The summed E-state index contributed by atoms with van der Waals surface area (Å²) < 4.78 is 1.61. The van der Waals surface area contributed by atoms with Crippen LogP contribution < -0.4 is 5.43 Å². The van der Waals surface area contributed by atoms with E-state index < -0.39 is 0 Å². The third-order valence-corrected chi connectivity index (χ3v) is 5.62. The van der Waals surface area contributed by atoms with Gasteiger partial charge in [0.1, 0.15) is 11.2 Å². The number of nitrogens with zero attached hydrogens (tertiary/aromatic N) is 3. The van der Waals surface area contributed by atoms with Crippen molar-refractivity contribution >= 4 is 16.9 Å². The van der Waals surface area contributed by atoms with E-state index in [0.717, 1.165) is 25.7 Å². The second kappa shape index (κ2) is 5.56. The number of fused-ring (bicyclic) bond motifs is 2. The van der Waals surface area contributed by atoms with Crippen LogP contribution in [0, 0.1) is 0 Å². The molecule has 5 rings (SSSR count). The maximum Gasteiger partial charge on any atom is 0.260 e. The van der Waals surface area contributed by atoms with Crippen molar-refractivity contribution < 1.29 is 4.79 Å². The number of hydrogen-bond donors (Lipinski definition) is 1. The molecule has 6 nitrogen and oxygen atoms in total. The van der Waals surface area contributed by atoms with Gasteiger partial charge in [0.15, 0.2) is 0 Å². The molecule has 1 amide bonds. The average Bonchev–Trinajstić information content (AvgIpc) is 3.28. The normalized spacial score (nSPS) is 18.9. The Morgan fingerprint density at radius 1 is 1.27 bits per heavy atom. The van der Waals surface area contributed by atoms with E-state index in [0.29, 0.717) is 11.0 Å². The number of H-pyrrole nitrogens is 1. The Bertz CT molecular complexity index is 1080. The number of carbonyl (C=O) groups excluding carboxylic acids is 1. The first-order valence-corrected chi connectivity index (χ1v) is 9.09. The number of hydrogen-bond acceptors (Lipinski definition) is 3. The number of pyridine rings is 1. The average molecular weight is 348 g/mol. The zero-order valence-corrected chi connectivity index (χ0v) is 14.6. The minimum absolute atomic E-state index is 0.0650. The molecule has 1 saturated carbocycles. The quantitative estimate of drug-likeness (QED) is 0.791. The smallest absolute Gasteiger partial charge is 0.260 e. The highest BCUT2D eigenvalue weighted by Gasteiger charge is 2.41. The lowest BCUT2D eigenvalue weighted by Gasteiger charge is -2.30. The van der Waals surface area contributed by atoms with Crippen LogP contribution in [0.4, 0.5) is 0 Å². The van der Waals surface area contributed by atoms with E-state index in [4.69, 9.17) is 0 Å². The van der Waals surface area contributed by atoms with Gasteiger partial charge in [0.25, 0.3) is 5.91 Å². The van der Waals surface area contributed by atoms with Gasteiger partial charge in [-0.2, -0.15) is 5.10 Å². The Hall–Kier alpha value is -2.89. The molecule has 0 unspecified atom stereocenters. The van der Waals surface area contributed by atoms with Crippen LogP contribution in [0.25, 0.3) is 11.0 Å². The zero-order chi connectivity index (χ0) is 17.8. The first-order valence-electron chi connectivity index (χ1n) is 9.09. The number of amides is 1. The van der Waals surface area contributed by atoms with E-state index in [1.807, 2.05) is 17.0 Å². The van der Waals surface area contributed by atoms with Crippen molar-refractivity contribution in [1.29, 1.82) is 0 Å². The van der Waals surface area contributed by atoms with Crippen LogP contribution in [0.2, 0.25) is 0 Å². The van der Waals surface area contributed by atoms with Crippen LogP contribution >= 0.6 is 0 Å². The van der Waals surface area contributed by atoms with Gasteiger partial charge >= 0.3 is 0 Å². The van der Waals surface area contributed by atoms with Gasteiger partial charge in [0, 0.05) is 19.3 Å². The Kier molecular flexibility index (Phi) is 3.29. The lowest BCUT2D eigenvalue weighted by Crippen LogP contribution is -2.38. The minimum Gasteiger partial charge on any atom is -0.345 e. The monoisotopic (exact) mass is 348 g/mol. The fourth-order valence-electron chi connectivity index (χ4n) is 4.16. The fraction of sp³-hybridized carbons (Fsp3) is 0.350. The van der Waals surface area contributed by atoms with Crippen molar-refractivity contribution in [2.45, 2.75) is 37.8 Å². The third-order valence-electron chi connectivity index (χ3n) is 5.62. The van der Waals surface area contributed by atoms with E-state index >= 15 is 0 Å². The summed E-state index contributed by atoms with van der Waals surface area (Å²) >= 11 is 0. The van der Waals surface area contributed by atoms with Crippen LogP contribution in [0.15, 0.2) is 41.5 Å². The molecule has 2 aliphatic carbocycles. The number of benzene rings is 1. The molecule has 1 aromatic carbocycles. The van der Waals surface area contributed by atoms with E-state index in [1.54, 1.807) is 17.9 Å². The molecule has 2 aliphatic rings. The number of aryl methyl sites for hydroxylation is 2. The van der Waals surface area contributed by atoms with Gasteiger partial charge < -0.3 is 9.88 Å². The second-order valence-corrected chi connectivity index (χ2v) is 7.26. The van der Waals surface area contributed by atoms with Crippen molar-refractivity contribution in [2.24, 2.45) is 7.05 Å². The van der Waals surface area contributed by atoms with Gasteiger partial charge in [-0.05, 0) is 36.8 Å². The zero-order valence-electron chi connectivity index (χ0n) is 14.6. The fourth-order valence-corrected chi connectivity index (χ4v) is 4.16. The second-order valence-electron chi connectivity index (χ2n) is 7.26. The molecule has 2 aromatic heterocycles. The molecular weight excluding hydrogens is 328 g/mol. The van der Waals surface area contributed by atoms with Gasteiger partial charge in [-0.1, -0.05) is 24.3 Å². The molecule has 1 fully saturated rings. The summed E-state index contributed by atoms with van der Waals surface area (Å²) in [6.45, 7) is 0. The lowest BCUT2D eigenvalue weighted by atomic mass is 10.1. The largest absolute Gasteiger partial charge is 0.345 e. The van der Waals surface area contributed by atoms with E-state index in [9.17, 15) is 9.59 Å². The van der Waals surface area contributed by atoms with E-state index in [2.05, 4.69) is 22.2 Å². The Labute approximate surface area is 150 Å². The maximum atomic E-state index is 13.4. The van der Waals surface area contributed by atoms with Crippen molar-refractivity contribution in [2.75, 3.05) is 0 Å². The van der Waals surface area contributed by atoms with Gasteiger partial charge in [0.05, 0.1) is 17.6 Å². The topological polar surface area (TPSA) is 71.0 Å². The van der Waals surface area contributed by atoms with Gasteiger partial charge in [-0.15, -0.1) is 0 Å². The van der Waals surface area contributed by atoms with Crippen molar-refractivity contribution in [1.82, 2.24) is 19.7 Å². The highest BCUT2D eigenvalue weighted by Crippen LogP contribution is 2.42. The number of aromatic amines is 1. The molecule has 0 spiro atoms. The van der Waals surface area contributed by atoms with E-state index in [1.165, 1.54) is 17.3 Å². The molecule has 26 heavy (non-hydrogen) atoms. The molecule has 6 heteroatoms.